The second-order valence-corrected chi connectivity index (χ2v) is 7.79. The van der Waals surface area contributed by atoms with Gasteiger partial charge in [0.15, 0.2) is 11.5 Å². The molecule has 0 aliphatic heterocycles. The minimum Gasteiger partial charge on any atom is -0.493 e. The fourth-order valence-corrected chi connectivity index (χ4v) is 3.51. The lowest BCUT2D eigenvalue weighted by molar-refractivity contribution is 0.355. The number of methoxy groups -OCH3 is 2. The lowest BCUT2D eigenvalue weighted by Crippen LogP contribution is -1.90. The van der Waals surface area contributed by atoms with Crippen molar-refractivity contribution in [3.05, 3.63) is 101 Å². The summed E-state index contributed by atoms with van der Waals surface area (Å²) in [7, 11) is 3.27. The maximum atomic E-state index is 6.27. The second-order valence-electron chi connectivity index (χ2n) is 7.79. The van der Waals surface area contributed by atoms with E-state index < -0.39 is 0 Å². The summed E-state index contributed by atoms with van der Waals surface area (Å²) in [5.74, 6) is 3.00. The van der Waals surface area contributed by atoms with Crippen LogP contribution < -0.4 is 9.47 Å². The Labute approximate surface area is 189 Å². The molecule has 0 saturated carbocycles. The highest BCUT2D eigenvalue weighted by molar-refractivity contribution is 5.75. The van der Waals surface area contributed by atoms with Gasteiger partial charge in [-0.2, -0.15) is 0 Å². The van der Waals surface area contributed by atoms with E-state index >= 15 is 0 Å². The van der Waals surface area contributed by atoms with Crippen molar-refractivity contribution in [1.82, 2.24) is 0 Å². The van der Waals surface area contributed by atoms with Gasteiger partial charge in [0.05, 0.1) is 31.9 Å². The van der Waals surface area contributed by atoms with Crippen LogP contribution in [0.25, 0.3) is 34.6 Å². The number of hydrogen-bond donors (Lipinski definition) is 0. The summed E-state index contributed by atoms with van der Waals surface area (Å²) in [6, 6.07) is 26.9. The first-order valence-electron chi connectivity index (χ1n) is 10.6. The topological polar surface area (TPSA) is 29.8 Å². The van der Waals surface area contributed by atoms with Crippen molar-refractivity contribution < 1.29 is 13.9 Å². The molecule has 0 unspecified atom stereocenters. The third-order valence-corrected chi connectivity index (χ3v) is 5.38. The Morgan fingerprint density at radius 1 is 0.594 bits per heavy atom. The van der Waals surface area contributed by atoms with Gasteiger partial charge in [-0.1, -0.05) is 53.6 Å². The molecule has 3 aromatic carbocycles. The zero-order valence-corrected chi connectivity index (χ0v) is 18.9. The molecule has 0 saturated heterocycles. The van der Waals surface area contributed by atoms with E-state index in [1.807, 2.05) is 30.4 Å². The molecule has 0 spiro atoms. The van der Waals surface area contributed by atoms with Gasteiger partial charge in [0.1, 0.15) is 0 Å². The molecule has 0 radical (unpaired) electrons. The molecular formula is C29H27O3+. The highest BCUT2D eigenvalue weighted by Crippen LogP contribution is 2.31. The van der Waals surface area contributed by atoms with E-state index in [4.69, 9.17) is 13.9 Å². The molecule has 3 heteroatoms. The SMILES string of the molecule is COc1ccc(/C=C/c2cc(-c3ccc(C)cc3)cc(-c3ccc(C)cc3)[o+]2)cc1OC. The molecule has 4 aromatic rings. The summed E-state index contributed by atoms with van der Waals surface area (Å²) < 4.78 is 17.0. The number of aryl methyl sites for hydroxylation is 2. The molecule has 0 amide bonds. The van der Waals surface area contributed by atoms with Crippen molar-refractivity contribution in [3.8, 4) is 33.9 Å². The second kappa shape index (κ2) is 9.52. The molecule has 1 heterocycles. The molecule has 32 heavy (non-hydrogen) atoms. The summed E-state index contributed by atoms with van der Waals surface area (Å²) in [4.78, 5) is 0. The van der Waals surface area contributed by atoms with Gasteiger partial charge >= 0.3 is 11.5 Å². The third kappa shape index (κ3) is 4.89. The largest absolute Gasteiger partial charge is 0.493 e. The van der Waals surface area contributed by atoms with Crippen molar-refractivity contribution >= 4 is 12.2 Å². The zero-order chi connectivity index (χ0) is 22.5. The summed E-state index contributed by atoms with van der Waals surface area (Å²) in [5, 5.41) is 0. The number of hydrogen-bond acceptors (Lipinski definition) is 2. The van der Waals surface area contributed by atoms with Crippen LogP contribution in [-0.2, 0) is 0 Å². The van der Waals surface area contributed by atoms with E-state index in [0.29, 0.717) is 11.5 Å². The average molecular weight is 424 g/mol. The lowest BCUT2D eigenvalue weighted by atomic mass is 10.0. The van der Waals surface area contributed by atoms with E-state index in [0.717, 1.165) is 33.8 Å². The van der Waals surface area contributed by atoms with Crippen LogP contribution >= 0.6 is 0 Å². The van der Waals surface area contributed by atoms with Crippen molar-refractivity contribution in [1.29, 1.82) is 0 Å². The first kappa shape index (κ1) is 21.4. The van der Waals surface area contributed by atoms with Crippen LogP contribution in [0.5, 0.6) is 11.5 Å². The Morgan fingerprint density at radius 2 is 1.22 bits per heavy atom. The van der Waals surface area contributed by atoms with Gasteiger partial charge in [0.25, 0.3) is 0 Å². The summed E-state index contributed by atoms with van der Waals surface area (Å²) in [6.45, 7) is 4.18. The molecule has 0 aliphatic rings. The molecule has 0 atom stereocenters. The maximum Gasteiger partial charge on any atom is 0.361 e. The molecule has 160 valence electrons. The Kier molecular flexibility index (Phi) is 6.37. The van der Waals surface area contributed by atoms with E-state index in [1.54, 1.807) is 14.2 Å². The highest BCUT2D eigenvalue weighted by atomic mass is 16.5. The summed E-state index contributed by atoms with van der Waals surface area (Å²) in [6.07, 6.45) is 4.00. The van der Waals surface area contributed by atoms with Crippen LogP contribution in [0.2, 0.25) is 0 Å². The maximum absolute atomic E-state index is 6.27. The quantitative estimate of drug-likeness (QED) is 0.298. The van der Waals surface area contributed by atoms with E-state index in [9.17, 15) is 0 Å². The molecule has 0 N–H and O–H groups in total. The smallest absolute Gasteiger partial charge is 0.361 e. The zero-order valence-electron chi connectivity index (χ0n) is 18.9. The van der Waals surface area contributed by atoms with Crippen molar-refractivity contribution in [3.63, 3.8) is 0 Å². The minimum atomic E-state index is 0.695. The molecule has 0 fully saturated rings. The summed E-state index contributed by atoms with van der Waals surface area (Å²) in [5.41, 5.74) is 6.76. The minimum absolute atomic E-state index is 0.695. The van der Waals surface area contributed by atoms with Crippen LogP contribution in [0.15, 0.2) is 83.3 Å². The standard InChI is InChI=1S/C29H27O3/c1-20-5-11-23(12-6-20)25-18-26(32-28(19-25)24-13-7-21(2)8-14-24)15-9-22-10-16-27(30-3)29(17-22)31-4/h5-19H,1-4H3/q+1/b15-9+. The Balaban J connectivity index is 1.76. The predicted molar refractivity (Wildman–Crippen MR) is 132 cm³/mol. The predicted octanol–water partition coefficient (Wildman–Crippen LogP) is 7.70. The Bertz CT molecular complexity index is 1170. The number of ether oxygens (including phenoxy) is 2. The average Bonchev–Trinajstić information content (AvgIpc) is 2.83. The number of rotatable bonds is 6. The van der Waals surface area contributed by atoms with Gasteiger partial charge in [-0.25, -0.2) is 4.42 Å². The molecule has 0 aliphatic carbocycles. The van der Waals surface area contributed by atoms with Crippen LogP contribution in [-0.4, -0.2) is 14.2 Å². The molecular weight excluding hydrogens is 396 g/mol. The van der Waals surface area contributed by atoms with E-state index in [2.05, 4.69) is 74.5 Å². The van der Waals surface area contributed by atoms with Gasteiger partial charge in [0, 0.05) is 11.6 Å². The highest BCUT2D eigenvalue weighted by Gasteiger charge is 2.17. The normalized spacial score (nSPS) is 11.0. The van der Waals surface area contributed by atoms with Crippen LogP contribution in [0, 0.1) is 13.8 Å². The van der Waals surface area contributed by atoms with E-state index in [-0.39, 0.29) is 0 Å². The molecule has 1 aromatic heterocycles. The van der Waals surface area contributed by atoms with Gasteiger partial charge < -0.3 is 9.47 Å². The first-order chi connectivity index (χ1) is 15.6. The summed E-state index contributed by atoms with van der Waals surface area (Å²) >= 11 is 0. The van der Waals surface area contributed by atoms with Gasteiger partial charge in [0.2, 0.25) is 0 Å². The fourth-order valence-electron chi connectivity index (χ4n) is 3.51. The molecule has 0 bridgehead atoms. The van der Waals surface area contributed by atoms with Gasteiger partial charge in [-0.05, 0) is 55.3 Å². The number of benzene rings is 3. The van der Waals surface area contributed by atoms with Crippen molar-refractivity contribution in [2.45, 2.75) is 13.8 Å². The van der Waals surface area contributed by atoms with Crippen LogP contribution in [0.3, 0.4) is 0 Å². The lowest BCUT2D eigenvalue weighted by Gasteiger charge is -2.07. The Hall–Kier alpha value is -3.85. The van der Waals surface area contributed by atoms with Gasteiger partial charge in [-0.3, -0.25) is 0 Å². The first-order valence-corrected chi connectivity index (χ1v) is 10.6. The third-order valence-electron chi connectivity index (χ3n) is 5.38. The van der Waals surface area contributed by atoms with Crippen LogP contribution in [0.4, 0.5) is 0 Å². The molecule has 3 nitrogen and oxygen atoms in total. The Morgan fingerprint density at radius 3 is 1.84 bits per heavy atom. The monoisotopic (exact) mass is 423 g/mol. The molecule has 4 rings (SSSR count). The van der Waals surface area contributed by atoms with Crippen molar-refractivity contribution in [2.75, 3.05) is 14.2 Å². The van der Waals surface area contributed by atoms with Gasteiger partial charge in [-0.15, -0.1) is 0 Å². The van der Waals surface area contributed by atoms with Crippen molar-refractivity contribution in [2.24, 2.45) is 0 Å². The van der Waals surface area contributed by atoms with Crippen LogP contribution in [0.1, 0.15) is 22.5 Å². The van der Waals surface area contributed by atoms with E-state index in [1.165, 1.54) is 11.1 Å². The fraction of sp³-hybridized carbons (Fsp3) is 0.138.